The van der Waals surface area contributed by atoms with Crippen molar-refractivity contribution < 1.29 is 51.9 Å². The Morgan fingerprint density at radius 2 is 1.82 bits per heavy atom. The van der Waals surface area contributed by atoms with E-state index in [1.165, 1.54) is 27.4 Å². The van der Waals surface area contributed by atoms with Gasteiger partial charge >= 0.3 is 12.2 Å². The summed E-state index contributed by atoms with van der Waals surface area (Å²) < 4.78 is 57.6. The van der Waals surface area contributed by atoms with Crippen LogP contribution in [0.25, 0.3) is 0 Å². The molecule has 0 bridgehead atoms. The van der Waals surface area contributed by atoms with E-state index < -0.39 is 58.6 Å². The molecule has 15 heteroatoms. The molecule has 5 rings (SSSR count). The average molecular weight is 706 g/mol. The number of carbonyl (C=O) groups is 2. The largest absolute Gasteiger partial charge is 0.465 e. The second-order valence-corrected chi connectivity index (χ2v) is 15.7. The molecule has 0 radical (unpaired) electrons. The fourth-order valence-electron chi connectivity index (χ4n) is 6.55. The molecule has 3 aliphatic rings. The highest BCUT2D eigenvalue weighted by atomic mass is 32.2. The number of amides is 2. The van der Waals surface area contributed by atoms with Gasteiger partial charge in [-0.1, -0.05) is 44.2 Å². The van der Waals surface area contributed by atoms with Crippen LogP contribution in [-0.2, 0) is 30.7 Å². The molecule has 0 aromatic heterocycles. The van der Waals surface area contributed by atoms with Crippen molar-refractivity contribution >= 4 is 22.2 Å². The number of sulfonamides is 1. The summed E-state index contributed by atoms with van der Waals surface area (Å²) in [5, 5.41) is 25.3. The first-order valence-corrected chi connectivity index (χ1v) is 18.0. The van der Waals surface area contributed by atoms with Crippen molar-refractivity contribution in [1.29, 1.82) is 0 Å². The normalized spacial score (nSPS) is 21.4. The first kappa shape index (κ1) is 36.6. The lowest BCUT2D eigenvalue weighted by molar-refractivity contribution is -0.0906. The third-order valence-electron chi connectivity index (χ3n) is 9.07. The average Bonchev–Trinajstić information content (AvgIpc) is 3.78. The molecule has 2 fully saturated rings. The minimum atomic E-state index is -4.29. The van der Waals surface area contributed by atoms with Crippen LogP contribution in [0.2, 0.25) is 0 Å². The lowest BCUT2D eigenvalue weighted by atomic mass is 9.89. The second kappa shape index (κ2) is 15.5. The Morgan fingerprint density at radius 1 is 1.08 bits per heavy atom. The number of carboxylic acid groups (broad SMARTS) is 1. The Balaban J connectivity index is 1.45. The molecular weight excluding hydrogens is 658 g/mol. The Bertz CT molecular complexity index is 1560. The monoisotopic (exact) mass is 705 g/mol. The summed E-state index contributed by atoms with van der Waals surface area (Å²) in [7, 11) is -4.29. The topological polar surface area (TPSA) is 173 Å². The maximum atomic E-state index is 14.4. The highest BCUT2D eigenvalue weighted by molar-refractivity contribution is 7.89. The molecule has 2 aromatic rings. The molecule has 0 spiro atoms. The summed E-state index contributed by atoms with van der Waals surface area (Å²) in [5.74, 6) is 0.469. The van der Waals surface area contributed by atoms with Gasteiger partial charge in [-0.25, -0.2) is 18.0 Å². The zero-order valence-corrected chi connectivity index (χ0v) is 29.1. The molecular formula is C34H47N3O11S. The van der Waals surface area contributed by atoms with E-state index >= 15 is 0 Å². The molecule has 2 aromatic carbocycles. The van der Waals surface area contributed by atoms with Gasteiger partial charge < -0.3 is 39.2 Å². The minimum absolute atomic E-state index is 0.0295. The van der Waals surface area contributed by atoms with Crippen LogP contribution in [0.4, 0.5) is 9.59 Å². The van der Waals surface area contributed by atoms with Crippen LogP contribution >= 0.6 is 0 Å². The first-order chi connectivity index (χ1) is 23.2. The molecule has 3 heterocycles. The van der Waals surface area contributed by atoms with E-state index in [-0.39, 0.29) is 55.6 Å². The SMILES string of the molecule is CC(C)NC(=O)OCCC(C)(C)CN(C[C@@H](O)[C@H](Cc1ccccc1)N(C(=O)O)[C@H]1CO[C@H]2OCC[C@H]21)S(=O)(=O)c1ccc2c(c1)OCO2. The van der Waals surface area contributed by atoms with Crippen molar-refractivity contribution in [3.8, 4) is 11.5 Å². The van der Waals surface area contributed by atoms with Crippen molar-refractivity contribution in [3.05, 3.63) is 54.1 Å². The number of nitrogens with zero attached hydrogens (tertiary/aromatic N) is 2. The van der Waals surface area contributed by atoms with Gasteiger partial charge in [-0.3, -0.25) is 4.90 Å². The maximum Gasteiger partial charge on any atom is 0.407 e. The van der Waals surface area contributed by atoms with Gasteiger partial charge in [0.25, 0.3) is 0 Å². The van der Waals surface area contributed by atoms with Crippen LogP contribution in [-0.4, -0.2) is 110 Å². The Hall–Kier alpha value is -3.63. The van der Waals surface area contributed by atoms with Gasteiger partial charge in [0.05, 0.1) is 42.9 Å². The summed E-state index contributed by atoms with van der Waals surface area (Å²) in [5.41, 5.74) is 0.0364. The predicted molar refractivity (Wildman–Crippen MR) is 177 cm³/mol. The van der Waals surface area contributed by atoms with E-state index in [1.807, 2.05) is 58.0 Å². The summed E-state index contributed by atoms with van der Waals surface area (Å²) in [4.78, 5) is 26.3. The quantitative estimate of drug-likeness (QED) is 0.247. The van der Waals surface area contributed by atoms with Crippen LogP contribution < -0.4 is 14.8 Å². The van der Waals surface area contributed by atoms with Crippen LogP contribution in [0.15, 0.2) is 53.4 Å². The number of fused-ring (bicyclic) bond motifs is 2. The van der Waals surface area contributed by atoms with Crippen LogP contribution in [0.1, 0.15) is 46.1 Å². The van der Waals surface area contributed by atoms with E-state index in [9.17, 15) is 28.2 Å². The minimum Gasteiger partial charge on any atom is -0.465 e. The number of aliphatic hydroxyl groups excluding tert-OH is 1. The number of carbonyl (C=O) groups excluding carboxylic acids is 1. The fraction of sp³-hybridized carbons (Fsp3) is 0.588. The number of rotatable bonds is 15. The van der Waals surface area contributed by atoms with E-state index in [0.717, 1.165) is 5.56 Å². The summed E-state index contributed by atoms with van der Waals surface area (Å²) in [6, 6.07) is 11.7. The molecule has 49 heavy (non-hydrogen) atoms. The fourth-order valence-corrected chi connectivity index (χ4v) is 8.21. The van der Waals surface area contributed by atoms with Gasteiger partial charge in [0, 0.05) is 31.1 Å². The molecule has 0 unspecified atom stereocenters. The van der Waals surface area contributed by atoms with Gasteiger partial charge in [0.1, 0.15) is 0 Å². The van der Waals surface area contributed by atoms with Crippen molar-refractivity contribution in [2.75, 3.05) is 39.7 Å². The number of hydrogen-bond donors (Lipinski definition) is 3. The summed E-state index contributed by atoms with van der Waals surface area (Å²) >= 11 is 0. The smallest absolute Gasteiger partial charge is 0.407 e. The zero-order chi connectivity index (χ0) is 35.3. The first-order valence-electron chi connectivity index (χ1n) is 16.5. The Labute approximate surface area is 287 Å². The molecule has 3 N–H and O–H groups in total. The Kier molecular flexibility index (Phi) is 11.6. The lowest BCUT2D eigenvalue weighted by Gasteiger charge is -2.40. The molecule has 2 saturated heterocycles. The van der Waals surface area contributed by atoms with Crippen LogP contribution in [0.3, 0.4) is 0 Å². The third-order valence-corrected chi connectivity index (χ3v) is 10.9. The number of benzene rings is 2. The number of nitrogens with one attached hydrogen (secondary N) is 1. The number of hydrogen-bond acceptors (Lipinski definition) is 10. The number of alkyl carbamates (subject to hydrolysis) is 1. The van der Waals surface area contributed by atoms with E-state index in [1.54, 1.807) is 0 Å². The lowest BCUT2D eigenvalue weighted by Crippen LogP contribution is -2.58. The van der Waals surface area contributed by atoms with E-state index in [4.69, 9.17) is 23.7 Å². The summed E-state index contributed by atoms with van der Waals surface area (Å²) in [6.45, 7) is 7.32. The standard InChI is InChI=1S/C34H47N3O11S/c1-22(2)35-32(39)45-15-13-34(3,4)20-36(49(42,43)24-10-11-29-30(17-24)48-21-47-29)18-28(38)26(16-23-8-6-5-7-9-23)37(33(40)41)27-19-46-31-25(27)12-14-44-31/h5-11,17,22,25-28,31,38H,12-16,18-21H2,1-4H3,(H,35,39)(H,40,41)/t25-,26-,27-,28+,31+/m0/s1. The molecule has 2 amide bonds. The van der Waals surface area contributed by atoms with Gasteiger partial charge in [-0.05, 0) is 56.2 Å². The third kappa shape index (κ3) is 8.94. The molecule has 270 valence electrons. The maximum absolute atomic E-state index is 14.4. The number of ether oxygens (including phenoxy) is 5. The highest BCUT2D eigenvalue weighted by Gasteiger charge is 2.49. The van der Waals surface area contributed by atoms with Crippen LogP contribution in [0, 0.1) is 11.3 Å². The van der Waals surface area contributed by atoms with Crippen molar-refractivity contribution in [2.24, 2.45) is 11.3 Å². The number of aliphatic hydroxyl groups is 1. The predicted octanol–water partition coefficient (Wildman–Crippen LogP) is 3.67. The highest BCUT2D eigenvalue weighted by Crippen LogP contribution is 2.38. The van der Waals surface area contributed by atoms with Crippen molar-refractivity contribution in [3.63, 3.8) is 0 Å². The van der Waals surface area contributed by atoms with Gasteiger partial charge in [-0.2, -0.15) is 4.31 Å². The van der Waals surface area contributed by atoms with Crippen molar-refractivity contribution in [2.45, 2.75) is 82.4 Å². The van der Waals surface area contributed by atoms with Crippen molar-refractivity contribution in [1.82, 2.24) is 14.5 Å². The Morgan fingerprint density at radius 3 is 2.53 bits per heavy atom. The van der Waals surface area contributed by atoms with Gasteiger partial charge in [0.15, 0.2) is 17.8 Å². The molecule has 3 aliphatic heterocycles. The molecule has 0 aliphatic carbocycles. The van der Waals surface area contributed by atoms with Gasteiger partial charge in [0.2, 0.25) is 16.8 Å². The van der Waals surface area contributed by atoms with Crippen LogP contribution in [0.5, 0.6) is 11.5 Å². The second-order valence-electron chi connectivity index (χ2n) is 13.8. The zero-order valence-electron chi connectivity index (χ0n) is 28.3. The van der Waals surface area contributed by atoms with E-state index in [2.05, 4.69) is 5.32 Å². The molecule has 0 saturated carbocycles. The summed E-state index contributed by atoms with van der Waals surface area (Å²) in [6.07, 6.45) is -2.77. The van der Waals surface area contributed by atoms with E-state index in [0.29, 0.717) is 25.2 Å². The van der Waals surface area contributed by atoms with Gasteiger partial charge in [-0.15, -0.1) is 0 Å². The molecule has 5 atom stereocenters. The molecule has 14 nitrogen and oxygen atoms in total.